The van der Waals surface area contributed by atoms with E-state index in [1.165, 1.54) is 0 Å². The van der Waals surface area contributed by atoms with Gasteiger partial charge in [-0.25, -0.2) is 19.2 Å². The van der Waals surface area contributed by atoms with Crippen LogP contribution in [0.1, 0.15) is 37.5 Å². The number of nitrogens with zero attached hydrogens (tertiary/aromatic N) is 5. The Morgan fingerprint density at radius 1 is 1.05 bits per heavy atom. The topological polar surface area (TPSA) is 81.8 Å². The van der Waals surface area contributed by atoms with Crippen LogP contribution in [0.4, 0.5) is 20.7 Å². The molecule has 1 aliphatic heterocycles. The molecule has 0 aliphatic carbocycles. The highest BCUT2D eigenvalue weighted by molar-refractivity contribution is 9.10. The molecule has 0 saturated carbocycles. The first-order valence-electron chi connectivity index (χ1n) is 13.4. The van der Waals surface area contributed by atoms with Gasteiger partial charge in [-0.3, -0.25) is 0 Å². The van der Waals surface area contributed by atoms with Crippen LogP contribution in [0.15, 0.2) is 76.2 Å². The lowest BCUT2D eigenvalue weighted by molar-refractivity contribution is 0.0240. The summed E-state index contributed by atoms with van der Waals surface area (Å²) >= 11 is 9.63. The predicted molar refractivity (Wildman–Crippen MR) is 167 cm³/mol. The van der Waals surface area contributed by atoms with Gasteiger partial charge in [-0.05, 0) is 42.8 Å². The Morgan fingerprint density at radius 3 is 2.14 bits per heavy atom. The van der Waals surface area contributed by atoms with E-state index in [9.17, 15) is 10.1 Å². The van der Waals surface area contributed by atoms with Crippen LogP contribution in [0.25, 0.3) is 10.9 Å². The molecule has 0 spiro atoms. The maximum absolute atomic E-state index is 15.7. The van der Waals surface area contributed by atoms with Crippen LogP contribution in [0.2, 0.25) is 5.02 Å². The Hall–Kier alpha value is -4.00. The zero-order valence-electron chi connectivity index (χ0n) is 23.4. The molecule has 1 aromatic heterocycles. The van der Waals surface area contributed by atoms with E-state index < -0.39 is 17.5 Å². The number of carbonyl (C=O) groups is 1. The molecule has 5 rings (SSSR count). The number of aromatic nitrogens is 1. The average molecular weight is 649 g/mol. The van der Waals surface area contributed by atoms with Crippen LogP contribution in [0.3, 0.4) is 0 Å². The number of rotatable bonds is 4. The Balaban J connectivity index is 1.68. The van der Waals surface area contributed by atoms with E-state index in [1.807, 2.05) is 86.3 Å². The molecule has 0 bridgehead atoms. The zero-order valence-corrected chi connectivity index (χ0v) is 25.7. The van der Waals surface area contributed by atoms with E-state index in [1.54, 1.807) is 11.0 Å². The standard InChI is InChI=1S/C32H28BrClFN5O2/c1-32(2,3)42-31(41)40-16-14-39(15-17-40)29-22-18-24(34)25(33)26(35)28(22)38-30(23(29)19-36)37-27(20-10-6-4-7-11-20)21-12-8-5-9-13-21/h4-13,18H,14-17H2,1-3H3. The molecule has 1 fully saturated rings. The van der Waals surface area contributed by atoms with Gasteiger partial charge >= 0.3 is 6.09 Å². The van der Waals surface area contributed by atoms with Gasteiger partial charge in [0, 0.05) is 42.7 Å². The van der Waals surface area contributed by atoms with Gasteiger partial charge in [0.05, 0.1) is 20.9 Å². The third-order valence-electron chi connectivity index (χ3n) is 6.74. The van der Waals surface area contributed by atoms with E-state index in [2.05, 4.69) is 27.0 Å². The van der Waals surface area contributed by atoms with Crippen LogP contribution in [-0.4, -0.2) is 53.5 Å². The SMILES string of the molecule is CC(C)(C)OC(=O)N1CCN(c2c(C#N)c(N=C(c3ccccc3)c3ccccc3)nc3c(F)c(Br)c(Cl)cc23)CC1. The largest absolute Gasteiger partial charge is 0.444 e. The number of amides is 1. The Bertz CT molecular complexity index is 1670. The number of nitriles is 1. The number of halogens is 3. The minimum absolute atomic E-state index is 0.0362. The number of hydrogen-bond donors (Lipinski definition) is 0. The predicted octanol–water partition coefficient (Wildman–Crippen LogP) is 7.89. The van der Waals surface area contributed by atoms with Crippen molar-refractivity contribution >= 4 is 61.7 Å². The lowest BCUT2D eigenvalue weighted by atomic mass is 10.0. The van der Waals surface area contributed by atoms with Gasteiger partial charge in [0.2, 0.25) is 0 Å². The summed E-state index contributed by atoms with van der Waals surface area (Å²) in [7, 11) is 0. The summed E-state index contributed by atoms with van der Waals surface area (Å²) in [6.07, 6.45) is -0.402. The Labute approximate surface area is 257 Å². The summed E-state index contributed by atoms with van der Waals surface area (Å²) in [4.78, 5) is 25.8. The molecule has 3 aromatic carbocycles. The monoisotopic (exact) mass is 647 g/mol. The Morgan fingerprint density at radius 2 is 1.62 bits per heavy atom. The zero-order chi connectivity index (χ0) is 30.0. The van der Waals surface area contributed by atoms with Gasteiger partial charge in [0.15, 0.2) is 11.6 Å². The fourth-order valence-corrected chi connectivity index (χ4v) is 5.32. The molecule has 0 N–H and O–H groups in total. The lowest BCUT2D eigenvalue weighted by Crippen LogP contribution is -2.50. The molecule has 0 unspecified atom stereocenters. The van der Waals surface area contributed by atoms with Gasteiger partial charge < -0.3 is 14.5 Å². The highest BCUT2D eigenvalue weighted by Gasteiger charge is 2.30. The second kappa shape index (κ2) is 12.1. The number of pyridine rings is 1. The van der Waals surface area contributed by atoms with E-state index >= 15 is 4.39 Å². The molecule has 214 valence electrons. The van der Waals surface area contributed by atoms with Gasteiger partial charge in [-0.1, -0.05) is 72.3 Å². The van der Waals surface area contributed by atoms with Crippen LogP contribution in [0.5, 0.6) is 0 Å². The number of piperazine rings is 1. The molecule has 0 radical (unpaired) electrons. The fourth-order valence-electron chi connectivity index (χ4n) is 4.82. The molecular formula is C32H28BrClFN5O2. The molecule has 7 nitrogen and oxygen atoms in total. The lowest BCUT2D eigenvalue weighted by Gasteiger charge is -2.37. The van der Waals surface area contributed by atoms with Crippen molar-refractivity contribution in [3.8, 4) is 6.07 Å². The molecule has 1 amide bonds. The fraction of sp³-hybridized carbons (Fsp3) is 0.250. The molecule has 1 aliphatic rings. The normalized spacial score (nSPS) is 13.5. The van der Waals surface area contributed by atoms with Crippen LogP contribution in [-0.2, 0) is 4.74 Å². The second-order valence-electron chi connectivity index (χ2n) is 10.8. The molecule has 4 aromatic rings. The minimum Gasteiger partial charge on any atom is -0.444 e. The van der Waals surface area contributed by atoms with Crippen molar-refractivity contribution in [1.82, 2.24) is 9.88 Å². The molecular weight excluding hydrogens is 621 g/mol. The summed E-state index contributed by atoms with van der Waals surface area (Å²) in [6, 6.07) is 23.0. The van der Waals surface area contributed by atoms with E-state index in [-0.39, 0.29) is 26.4 Å². The van der Waals surface area contributed by atoms with Crippen molar-refractivity contribution in [3.63, 3.8) is 0 Å². The van der Waals surface area contributed by atoms with Crippen molar-refractivity contribution in [2.75, 3.05) is 31.1 Å². The van der Waals surface area contributed by atoms with Crippen molar-refractivity contribution in [2.45, 2.75) is 26.4 Å². The summed E-state index contributed by atoms with van der Waals surface area (Å²) in [5.74, 6) is -0.557. The van der Waals surface area contributed by atoms with E-state index in [4.69, 9.17) is 21.3 Å². The third-order valence-corrected chi connectivity index (χ3v) is 8.04. The molecule has 10 heteroatoms. The van der Waals surface area contributed by atoms with E-state index in [0.717, 1.165) is 11.1 Å². The highest BCUT2D eigenvalue weighted by atomic mass is 79.9. The smallest absolute Gasteiger partial charge is 0.410 e. The third kappa shape index (κ3) is 6.10. The number of carbonyl (C=O) groups excluding carboxylic acids is 1. The maximum Gasteiger partial charge on any atom is 0.410 e. The van der Waals surface area contributed by atoms with Crippen LogP contribution >= 0.6 is 27.5 Å². The maximum atomic E-state index is 15.7. The van der Waals surface area contributed by atoms with Crippen molar-refractivity contribution < 1.29 is 13.9 Å². The molecule has 1 saturated heterocycles. The first-order valence-corrected chi connectivity index (χ1v) is 14.6. The molecule has 0 atom stereocenters. The van der Waals surface area contributed by atoms with Gasteiger partial charge in [0.1, 0.15) is 22.8 Å². The van der Waals surface area contributed by atoms with Crippen molar-refractivity contribution in [3.05, 3.63) is 98.7 Å². The van der Waals surface area contributed by atoms with Crippen LogP contribution in [0, 0.1) is 17.1 Å². The first-order chi connectivity index (χ1) is 20.1. The number of benzene rings is 3. The van der Waals surface area contributed by atoms with E-state index in [0.29, 0.717) is 43.0 Å². The molecule has 2 heterocycles. The summed E-state index contributed by atoms with van der Waals surface area (Å²) in [5.41, 5.74) is 2.31. The number of aliphatic imine (C=N–C) groups is 1. The summed E-state index contributed by atoms with van der Waals surface area (Å²) in [5, 5.41) is 11.0. The van der Waals surface area contributed by atoms with Gasteiger partial charge in [0.25, 0.3) is 0 Å². The second-order valence-corrected chi connectivity index (χ2v) is 12.0. The van der Waals surface area contributed by atoms with Gasteiger partial charge in [-0.15, -0.1) is 0 Å². The summed E-state index contributed by atoms with van der Waals surface area (Å²) in [6.45, 7) is 6.94. The minimum atomic E-state index is -0.645. The van der Waals surface area contributed by atoms with Gasteiger partial charge in [-0.2, -0.15) is 5.26 Å². The number of ether oxygens (including phenoxy) is 1. The van der Waals surface area contributed by atoms with Crippen molar-refractivity contribution in [1.29, 1.82) is 5.26 Å². The first kappa shape index (κ1) is 29.5. The Kier molecular flexibility index (Phi) is 8.48. The number of hydrogen-bond acceptors (Lipinski definition) is 6. The number of fused-ring (bicyclic) bond motifs is 1. The number of anilines is 1. The quantitative estimate of drug-likeness (QED) is 0.166. The average Bonchev–Trinajstić information content (AvgIpc) is 2.98. The highest BCUT2D eigenvalue weighted by Crippen LogP contribution is 2.41. The molecule has 42 heavy (non-hydrogen) atoms. The van der Waals surface area contributed by atoms with Crippen LogP contribution < -0.4 is 4.90 Å². The van der Waals surface area contributed by atoms with Crippen molar-refractivity contribution in [2.24, 2.45) is 4.99 Å². The summed E-state index contributed by atoms with van der Waals surface area (Å²) < 4.78 is 21.3.